The Labute approximate surface area is 193 Å². The van der Waals surface area contributed by atoms with Crippen LogP contribution in [0.1, 0.15) is 19.8 Å². The van der Waals surface area contributed by atoms with Crippen LogP contribution < -0.4 is 16.0 Å². The third-order valence-corrected chi connectivity index (χ3v) is 5.90. The van der Waals surface area contributed by atoms with Crippen molar-refractivity contribution in [2.24, 2.45) is 5.73 Å². The van der Waals surface area contributed by atoms with Crippen molar-refractivity contribution in [3.63, 3.8) is 0 Å². The van der Waals surface area contributed by atoms with Crippen molar-refractivity contribution >= 4 is 17.3 Å². The summed E-state index contributed by atoms with van der Waals surface area (Å²) in [6, 6.07) is 14.4. The van der Waals surface area contributed by atoms with Crippen molar-refractivity contribution in [3.05, 3.63) is 67.3 Å². The average molecular weight is 441 g/mol. The second-order valence-electron chi connectivity index (χ2n) is 8.27. The van der Waals surface area contributed by atoms with Gasteiger partial charge in [-0.3, -0.25) is 9.67 Å². The Morgan fingerprint density at radius 2 is 2.00 bits per heavy atom. The van der Waals surface area contributed by atoms with Gasteiger partial charge in [0.05, 0.1) is 5.69 Å². The Morgan fingerprint density at radius 1 is 1.12 bits per heavy atom. The molecule has 0 radical (unpaired) electrons. The molecule has 1 aromatic carbocycles. The molecule has 1 aliphatic rings. The lowest BCUT2D eigenvalue weighted by molar-refractivity contribution is 0.506. The summed E-state index contributed by atoms with van der Waals surface area (Å²) in [7, 11) is 0. The third kappa shape index (κ3) is 4.70. The van der Waals surface area contributed by atoms with E-state index in [1.807, 2.05) is 35.3 Å². The number of hydrogen-bond acceptors (Lipinski definition) is 7. The molecule has 1 atom stereocenters. The average Bonchev–Trinajstić information content (AvgIpc) is 3.30. The van der Waals surface area contributed by atoms with E-state index in [2.05, 4.69) is 51.4 Å². The highest BCUT2D eigenvalue weighted by molar-refractivity contribution is 5.78. The zero-order chi connectivity index (χ0) is 22.6. The number of nitrogens with one attached hydrogen (secondary N) is 1. The van der Waals surface area contributed by atoms with Gasteiger partial charge in [0, 0.05) is 73.0 Å². The number of anilines is 3. The van der Waals surface area contributed by atoms with Gasteiger partial charge in [-0.25, -0.2) is 9.97 Å². The highest BCUT2D eigenvalue weighted by Crippen LogP contribution is 2.30. The van der Waals surface area contributed by atoms with E-state index in [-0.39, 0.29) is 6.04 Å². The van der Waals surface area contributed by atoms with E-state index in [9.17, 15) is 0 Å². The molecule has 0 bridgehead atoms. The van der Waals surface area contributed by atoms with E-state index < -0.39 is 0 Å². The molecular weight excluding hydrogens is 412 g/mol. The normalized spacial score (nSPS) is 16.1. The molecule has 0 saturated carbocycles. The first-order valence-electron chi connectivity index (χ1n) is 11.4. The molecule has 8 heteroatoms. The predicted molar refractivity (Wildman–Crippen MR) is 131 cm³/mol. The van der Waals surface area contributed by atoms with Gasteiger partial charge in [-0.15, -0.1) is 0 Å². The fourth-order valence-electron chi connectivity index (χ4n) is 4.18. The number of benzene rings is 1. The van der Waals surface area contributed by atoms with E-state index in [1.165, 1.54) is 5.69 Å². The second kappa shape index (κ2) is 9.38. The van der Waals surface area contributed by atoms with Crippen LogP contribution in [0.3, 0.4) is 0 Å². The van der Waals surface area contributed by atoms with Gasteiger partial charge in [0.15, 0.2) is 0 Å². The van der Waals surface area contributed by atoms with E-state index >= 15 is 0 Å². The van der Waals surface area contributed by atoms with Gasteiger partial charge in [0.25, 0.3) is 0 Å². The van der Waals surface area contributed by atoms with E-state index in [1.54, 1.807) is 12.4 Å². The van der Waals surface area contributed by atoms with Gasteiger partial charge < -0.3 is 16.0 Å². The number of aryl methyl sites for hydroxylation is 1. The van der Waals surface area contributed by atoms with Gasteiger partial charge in [0.1, 0.15) is 5.69 Å². The fraction of sp³-hybridized carbons (Fsp3) is 0.280. The summed E-state index contributed by atoms with van der Waals surface area (Å²) in [5, 5.41) is 8.06. The molecule has 1 fully saturated rings. The molecule has 33 heavy (non-hydrogen) atoms. The summed E-state index contributed by atoms with van der Waals surface area (Å²) < 4.78 is 1.91. The molecule has 5 rings (SSSR count). The lowest BCUT2D eigenvalue weighted by Gasteiger charge is -2.32. The van der Waals surface area contributed by atoms with Crippen molar-refractivity contribution in [3.8, 4) is 22.5 Å². The number of nitrogens with two attached hydrogens (primary N) is 1. The van der Waals surface area contributed by atoms with Crippen molar-refractivity contribution < 1.29 is 0 Å². The summed E-state index contributed by atoms with van der Waals surface area (Å²) >= 11 is 0. The van der Waals surface area contributed by atoms with E-state index in [0.29, 0.717) is 5.95 Å². The van der Waals surface area contributed by atoms with Gasteiger partial charge in [-0.2, -0.15) is 5.10 Å². The van der Waals surface area contributed by atoms with Crippen LogP contribution in [-0.4, -0.2) is 43.9 Å². The number of nitrogens with zero attached hydrogens (tertiary/aromatic N) is 6. The summed E-state index contributed by atoms with van der Waals surface area (Å²) in [6.45, 7) is 4.80. The molecule has 3 N–H and O–H groups in total. The van der Waals surface area contributed by atoms with Crippen LogP contribution in [0.15, 0.2) is 67.3 Å². The maximum atomic E-state index is 6.13. The van der Waals surface area contributed by atoms with E-state index in [4.69, 9.17) is 15.8 Å². The Kier molecular flexibility index (Phi) is 5.99. The molecule has 0 amide bonds. The number of piperidine rings is 1. The second-order valence-corrected chi connectivity index (χ2v) is 8.27. The van der Waals surface area contributed by atoms with Gasteiger partial charge in [0.2, 0.25) is 5.95 Å². The summed E-state index contributed by atoms with van der Waals surface area (Å²) in [6.07, 6.45) is 9.61. The zero-order valence-corrected chi connectivity index (χ0v) is 18.7. The fourth-order valence-corrected chi connectivity index (χ4v) is 4.18. The quantitative estimate of drug-likeness (QED) is 0.466. The molecule has 0 aliphatic carbocycles. The van der Waals surface area contributed by atoms with Gasteiger partial charge in [-0.1, -0.05) is 0 Å². The predicted octanol–water partition coefficient (Wildman–Crippen LogP) is 4.09. The Balaban J connectivity index is 1.38. The number of rotatable bonds is 6. The minimum Gasteiger partial charge on any atom is -0.370 e. The van der Waals surface area contributed by atoms with Gasteiger partial charge in [-0.05, 0) is 62.2 Å². The molecule has 0 spiro atoms. The Hall–Kier alpha value is -3.78. The van der Waals surface area contributed by atoms with Crippen molar-refractivity contribution in [2.75, 3.05) is 23.3 Å². The molecule has 4 aromatic rings. The molecule has 168 valence electrons. The van der Waals surface area contributed by atoms with Gasteiger partial charge >= 0.3 is 0 Å². The molecule has 4 heterocycles. The van der Waals surface area contributed by atoms with Crippen molar-refractivity contribution in [1.82, 2.24) is 24.7 Å². The summed E-state index contributed by atoms with van der Waals surface area (Å²) in [5.74, 6) is 0.543. The van der Waals surface area contributed by atoms with Crippen LogP contribution in [0.5, 0.6) is 0 Å². The monoisotopic (exact) mass is 440 g/mol. The topological polar surface area (TPSA) is 97.8 Å². The number of hydrogen-bond donors (Lipinski definition) is 2. The minimum absolute atomic E-state index is 0.251. The van der Waals surface area contributed by atoms with Crippen LogP contribution in [0.25, 0.3) is 22.5 Å². The molecule has 8 nitrogen and oxygen atoms in total. The SMILES string of the molecule is CCn1cc(-c2ccnc(Nc3ccc(N4CCC[C@H](N)C4)cc3)n2)c(-c2cccnc2)n1. The minimum atomic E-state index is 0.251. The lowest BCUT2D eigenvalue weighted by Crippen LogP contribution is -2.42. The van der Waals surface area contributed by atoms with Crippen LogP contribution in [0, 0.1) is 0 Å². The van der Waals surface area contributed by atoms with Crippen molar-refractivity contribution in [1.29, 1.82) is 0 Å². The van der Waals surface area contributed by atoms with Crippen LogP contribution in [0.2, 0.25) is 0 Å². The first kappa shape index (κ1) is 21.1. The van der Waals surface area contributed by atoms with Crippen molar-refractivity contribution in [2.45, 2.75) is 32.4 Å². The van der Waals surface area contributed by atoms with Crippen LogP contribution >= 0.6 is 0 Å². The highest BCUT2D eigenvalue weighted by atomic mass is 15.3. The summed E-state index contributed by atoms with van der Waals surface area (Å²) in [4.78, 5) is 15.8. The highest BCUT2D eigenvalue weighted by Gasteiger charge is 2.17. The summed E-state index contributed by atoms with van der Waals surface area (Å²) in [5.41, 5.74) is 11.8. The standard InChI is InChI=1S/C25H28N8/c1-2-33-17-22(24(31-33)18-5-3-12-27-15-18)23-11-13-28-25(30-23)29-20-7-9-21(10-8-20)32-14-4-6-19(26)16-32/h3,5,7-13,15,17,19H,2,4,6,14,16,26H2,1H3,(H,28,29,30)/t19-/m0/s1. The smallest absolute Gasteiger partial charge is 0.227 e. The maximum absolute atomic E-state index is 6.13. The molecule has 1 saturated heterocycles. The number of aromatic nitrogens is 5. The first-order chi connectivity index (χ1) is 16.2. The zero-order valence-electron chi connectivity index (χ0n) is 18.7. The lowest BCUT2D eigenvalue weighted by atomic mass is 10.1. The first-order valence-corrected chi connectivity index (χ1v) is 11.4. The molecule has 3 aromatic heterocycles. The Bertz CT molecular complexity index is 1200. The van der Waals surface area contributed by atoms with E-state index in [0.717, 1.165) is 60.7 Å². The Morgan fingerprint density at radius 3 is 2.76 bits per heavy atom. The maximum Gasteiger partial charge on any atom is 0.227 e. The number of pyridine rings is 1. The largest absolute Gasteiger partial charge is 0.370 e. The molecular formula is C25H28N8. The van der Waals surface area contributed by atoms with Crippen LogP contribution in [-0.2, 0) is 6.54 Å². The third-order valence-electron chi connectivity index (χ3n) is 5.90. The molecule has 1 aliphatic heterocycles. The molecule has 0 unspecified atom stereocenters. The van der Waals surface area contributed by atoms with Crippen LogP contribution in [0.4, 0.5) is 17.3 Å².